The molecule has 0 radical (unpaired) electrons. The molecule has 0 spiro atoms. The van der Waals surface area contributed by atoms with E-state index in [1.807, 2.05) is 30.3 Å². The van der Waals surface area contributed by atoms with Gasteiger partial charge < -0.3 is 18.8 Å². The van der Waals surface area contributed by atoms with Gasteiger partial charge in [0.05, 0.1) is 0 Å². The Labute approximate surface area is 149 Å². The molecule has 0 aliphatic heterocycles. The maximum atomic E-state index is 13.0. The number of ether oxygens (including phenoxy) is 1. The predicted molar refractivity (Wildman–Crippen MR) is 97.5 cm³/mol. The Bertz CT molecular complexity index is 1030. The number of benzene rings is 1. The van der Waals surface area contributed by atoms with Crippen LogP contribution in [0.2, 0.25) is 0 Å². The summed E-state index contributed by atoms with van der Waals surface area (Å²) in [6, 6.07) is 11.0. The van der Waals surface area contributed by atoms with Crippen molar-refractivity contribution in [3.05, 3.63) is 81.1 Å². The van der Waals surface area contributed by atoms with Crippen LogP contribution in [0.25, 0.3) is 5.52 Å². The number of pyridine rings is 1. The Kier molecular flexibility index (Phi) is 4.34. The van der Waals surface area contributed by atoms with Gasteiger partial charge in [0.25, 0.3) is 5.56 Å². The maximum absolute atomic E-state index is 13.0. The van der Waals surface area contributed by atoms with Gasteiger partial charge >= 0.3 is 0 Å². The number of aliphatic hydroxyl groups excluding tert-OH is 1. The summed E-state index contributed by atoms with van der Waals surface area (Å²) in [6.45, 7) is 0.365. The molecule has 0 amide bonds. The smallest absolute Gasteiger partial charge is 0.279 e. The fourth-order valence-electron chi connectivity index (χ4n) is 3.43. The first-order chi connectivity index (χ1) is 12.7. The number of fused-ring (bicyclic) bond motifs is 1. The molecule has 0 unspecified atom stereocenters. The lowest BCUT2D eigenvalue weighted by atomic mass is 9.81. The normalized spacial score (nSPS) is 19.3. The zero-order valence-electron chi connectivity index (χ0n) is 14.2. The van der Waals surface area contributed by atoms with Crippen LogP contribution in [-0.2, 0) is 6.61 Å². The SMILES string of the molecule is O=c1ccn2ccn(C3CC(CO)C3)c(=O)c2c1OCc1ccccc1. The van der Waals surface area contributed by atoms with E-state index in [1.165, 1.54) is 6.07 Å². The average Bonchev–Trinajstić information content (AvgIpc) is 2.63. The first kappa shape index (κ1) is 16.6. The highest BCUT2D eigenvalue weighted by Crippen LogP contribution is 2.36. The quantitative estimate of drug-likeness (QED) is 0.762. The van der Waals surface area contributed by atoms with Crippen LogP contribution in [-0.4, -0.2) is 20.7 Å². The molecule has 1 aliphatic carbocycles. The van der Waals surface area contributed by atoms with Gasteiger partial charge in [-0.2, -0.15) is 0 Å². The lowest BCUT2D eigenvalue weighted by Gasteiger charge is -2.35. The number of nitrogens with zero attached hydrogens (tertiary/aromatic N) is 2. The fraction of sp³-hybridized carbons (Fsp3) is 0.300. The summed E-state index contributed by atoms with van der Waals surface area (Å²) >= 11 is 0. The third-order valence-electron chi connectivity index (χ3n) is 5.00. The van der Waals surface area contributed by atoms with Crippen LogP contribution < -0.4 is 15.7 Å². The molecule has 134 valence electrons. The van der Waals surface area contributed by atoms with Crippen LogP contribution in [0.5, 0.6) is 5.75 Å². The van der Waals surface area contributed by atoms with Gasteiger partial charge in [-0.15, -0.1) is 0 Å². The van der Waals surface area contributed by atoms with E-state index >= 15 is 0 Å². The number of aromatic nitrogens is 2. The Morgan fingerprint density at radius 2 is 1.81 bits per heavy atom. The van der Waals surface area contributed by atoms with Crippen LogP contribution in [0, 0.1) is 5.92 Å². The predicted octanol–water partition coefficient (Wildman–Crippen LogP) is 1.98. The summed E-state index contributed by atoms with van der Waals surface area (Å²) in [4.78, 5) is 25.4. The minimum Gasteiger partial charge on any atom is -0.483 e. The Hall–Kier alpha value is -2.86. The molecular weight excluding hydrogens is 332 g/mol. The summed E-state index contributed by atoms with van der Waals surface area (Å²) < 4.78 is 9.04. The molecule has 2 aromatic heterocycles. The number of rotatable bonds is 5. The van der Waals surface area contributed by atoms with Crippen LogP contribution in [0.3, 0.4) is 0 Å². The Balaban J connectivity index is 1.73. The molecule has 4 rings (SSSR count). The highest BCUT2D eigenvalue weighted by molar-refractivity contribution is 5.58. The van der Waals surface area contributed by atoms with Crippen molar-refractivity contribution in [1.29, 1.82) is 0 Å². The van der Waals surface area contributed by atoms with Crippen molar-refractivity contribution < 1.29 is 9.84 Å². The number of hydrogen-bond acceptors (Lipinski definition) is 4. The molecule has 1 aromatic carbocycles. The van der Waals surface area contributed by atoms with E-state index in [0.717, 1.165) is 18.4 Å². The summed E-state index contributed by atoms with van der Waals surface area (Å²) in [6.07, 6.45) is 6.61. The Morgan fingerprint density at radius 3 is 2.54 bits per heavy atom. The third-order valence-corrected chi connectivity index (χ3v) is 5.00. The molecule has 26 heavy (non-hydrogen) atoms. The molecule has 1 N–H and O–H groups in total. The van der Waals surface area contributed by atoms with Gasteiger partial charge in [0.1, 0.15) is 6.61 Å². The van der Waals surface area contributed by atoms with Crippen molar-refractivity contribution in [2.75, 3.05) is 6.61 Å². The summed E-state index contributed by atoms with van der Waals surface area (Å²) in [5, 5.41) is 9.20. The van der Waals surface area contributed by atoms with E-state index in [2.05, 4.69) is 0 Å². The van der Waals surface area contributed by atoms with E-state index in [4.69, 9.17) is 4.74 Å². The van der Waals surface area contributed by atoms with Crippen LogP contribution in [0.1, 0.15) is 24.4 Å². The minimum absolute atomic E-state index is 0.0573. The summed E-state index contributed by atoms with van der Waals surface area (Å²) in [5.74, 6) is 0.323. The van der Waals surface area contributed by atoms with Gasteiger partial charge in [0.2, 0.25) is 5.43 Å². The van der Waals surface area contributed by atoms with Gasteiger partial charge in [-0.3, -0.25) is 9.59 Å². The van der Waals surface area contributed by atoms with Crippen LogP contribution in [0.15, 0.2) is 64.6 Å². The number of aliphatic hydroxyl groups is 1. The maximum Gasteiger partial charge on any atom is 0.279 e. The molecule has 0 saturated heterocycles. The largest absolute Gasteiger partial charge is 0.483 e. The highest BCUT2D eigenvalue weighted by Gasteiger charge is 2.31. The average molecular weight is 352 g/mol. The van der Waals surface area contributed by atoms with Gasteiger partial charge in [-0.05, 0) is 24.3 Å². The van der Waals surface area contributed by atoms with Crippen molar-refractivity contribution in [1.82, 2.24) is 8.97 Å². The third kappa shape index (κ3) is 2.93. The van der Waals surface area contributed by atoms with E-state index in [-0.39, 0.29) is 47.4 Å². The molecule has 0 bridgehead atoms. The zero-order chi connectivity index (χ0) is 18.1. The van der Waals surface area contributed by atoms with Crippen molar-refractivity contribution in [3.8, 4) is 5.75 Å². The zero-order valence-corrected chi connectivity index (χ0v) is 14.2. The van der Waals surface area contributed by atoms with E-state index < -0.39 is 0 Å². The standard InChI is InChI=1S/C20H20N2O4/c23-12-15-10-16(11-15)22-9-8-21-7-6-17(24)19(18(21)20(22)25)26-13-14-4-2-1-3-5-14/h1-9,15-16,23H,10-13H2. The molecule has 6 heteroatoms. The molecule has 1 aliphatic rings. The molecule has 0 atom stereocenters. The second-order valence-electron chi connectivity index (χ2n) is 6.72. The first-order valence-corrected chi connectivity index (χ1v) is 8.71. The van der Waals surface area contributed by atoms with E-state index in [1.54, 1.807) is 27.6 Å². The molecule has 2 heterocycles. The second-order valence-corrected chi connectivity index (χ2v) is 6.72. The second kappa shape index (κ2) is 6.80. The lowest BCUT2D eigenvalue weighted by Crippen LogP contribution is -2.36. The van der Waals surface area contributed by atoms with Gasteiger partial charge in [0, 0.05) is 37.3 Å². The van der Waals surface area contributed by atoms with Gasteiger partial charge in [-0.25, -0.2) is 0 Å². The fourth-order valence-corrected chi connectivity index (χ4v) is 3.43. The lowest BCUT2D eigenvalue weighted by molar-refractivity contribution is 0.110. The van der Waals surface area contributed by atoms with Crippen molar-refractivity contribution in [3.63, 3.8) is 0 Å². The highest BCUT2D eigenvalue weighted by atomic mass is 16.5. The molecule has 1 saturated carbocycles. The van der Waals surface area contributed by atoms with E-state index in [9.17, 15) is 14.7 Å². The summed E-state index contributed by atoms with van der Waals surface area (Å²) in [5.41, 5.74) is 0.630. The Morgan fingerprint density at radius 1 is 1.04 bits per heavy atom. The van der Waals surface area contributed by atoms with Gasteiger partial charge in [-0.1, -0.05) is 30.3 Å². The topological polar surface area (TPSA) is 72.9 Å². The van der Waals surface area contributed by atoms with Crippen LogP contribution in [0.4, 0.5) is 0 Å². The van der Waals surface area contributed by atoms with Crippen molar-refractivity contribution in [2.24, 2.45) is 5.92 Å². The van der Waals surface area contributed by atoms with Gasteiger partial charge in [0.15, 0.2) is 11.3 Å². The monoisotopic (exact) mass is 352 g/mol. The molecule has 1 fully saturated rings. The molecular formula is C20H20N2O4. The molecule has 6 nitrogen and oxygen atoms in total. The van der Waals surface area contributed by atoms with Crippen molar-refractivity contribution >= 4 is 5.52 Å². The minimum atomic E-state index is -0.308. The van der Waals surface area contributed by atoms with Crippen LogP contribution >= 0.6 is 0 Å². The van der Waals surface area contributed by atoms with Crippen molar-refractivity contribution in [2.45, 2.75) is 25.5 Å². The van der Waals surface area contributed by atoms with E-state index in [0.29, 0.717) is 0 Å². The molecule has 3 aromatic rings. The summed E-state index contributed by atoms with van der Waals surface area (Å²) in [7, 11) is 0. The number of hydrogen-bond donors (Lipinski definition) is 1. The first-order valence-electron chi connectivity index (χ1n) is 8.71.